The van der Waals surface area contributed by atoms with Crippen molar-refractivity contribution in [3.63, 3.8) is 0 Å². The Labute approximate surface area is 178 Å². The second-order valence-electron chi connectivity index (χ2n) is 7.16. The zero-order valence-corrected chi connectivity index (χ0v) is 16.5. The summed E-state index contributed by atoms with van der Waals surface area (Å²) in [7, 11) is 0. The highest BCUT2D eigenvalue weighted by Crippen LogP contribution is 2.39. The summed E-state index contributed by atoms with van der Waals surface area (Å²) in [6.07, 6.45) is -0.890. The molecule has 1 amide bonds. The van der Waals surface area contributed by atoms with E-state index in [1.54, 1.807) is 22.8 Å². The summed E-state index contributed by atoms with van der Waals surface area (Å²) in [5.41, 5.74) is 2.08. The normalized spacial score (nSPS) is 15.4. The van der Waals surface area contributed by atoms with Gasteiger partial charge in [-0.25, -0.2) is 0 Å². The van der Waals surface area contributed by atoms with E-state index >= 15 is 0 Å². The SMILES string of the molecule is O=C(N=Nc1c(O)n(Cc2ccccc2)c2ccccc12)C1COc2ccccc2O1. The Morgan fingerprint density at radius 3 is 2.52 bits per heavy atom. The molecule has 1 unspecified atom stereocenters. The molecule has 0 aliphatic carbocycles. The smallest absolute Gasteiger partial charge is 0.308 e. The molecule has 4 aromatic rings. The number of ether oxygens (including phenoxy) is 2. The van der Waals surface area contributed by atoms with Gasteiger partial charge in [0.15, 0.2) is 17.2 Å². The summed E-state index contributed by atoms with van der Waals surface area (Å²) >= 11 is 0. The Kier molecular flexibility index (Phi) is 4.84. The number of hydrogen-bond donors (Lipinski definition) is 1. The van der Waals surface area contributed by atoms with E-state index in [0.717, 1.165) is 11.1 Å². The molecule has 0 saturated carbocycles. The monoisotopic (exact) mass is 413 g/mol. The predicted octanol–water partition coefficient (Wildman–Crippen LogP) is 4.85. The molecule has 0 radical (unpaired) electrons. The third-order valence-electron chi connectivity index (χ3n) is 5.13. The van der Waals surface area contributed by atoms with Crippen LogP contribution in [-0.4, -0.2) is 28.3 Å². The number of rotatable bonds is 4. The molecule has 3 aromatic carbocycles. The van der Waals surface area contributed by atoms with Crippen molar-refractivity contribution in [1.29, 1.82) is 0 Å². The molecule has 5 rings (SSSR count). The number of azo groups is 1. The van der Waals surface area contributed by atoms with E-state index in [1.807, 2.05) is 60.7 Å². The molecular formula is C24H19N3O4. The van der Waals surface area contributed by atoms with Crippen molar-refractivity contribution in [2.24, 2.45) is 10.2 Å². The molecule has 0 fully saturated rings. The lowest BCUT2D eigenvalue weighted by molar-refractivity contribution is -0.127. The van der Waals surface area contributed by atoms with Crippen molar-refractivity contribution < 1.29 is 19.4 Å². The predicted molar refractivity (Wildman–Crippen MR) is 115 cm³/mol. The summed E-state index contributed by atoms with van der Waals surface area (Å²) in [6.45, 7) is 0.517. The van der Waals surface area contributed by atoms with E-state index in [0.29, 0.717) is 23.4 Å². The van der Waals surface area contributed by atoms with Crippen LogP contribution in [0.1, 0.15) is 5.56 Å². The Bertz CT molecular complexity index is 1280. The largest absolute Gasteiger partial charge is 0.493 e. The summed E-state index contributed by atoms with van der Waals surface area (Å²) in [4.78, 5) is 12.6. The van der Waals surface area contributed by atoms with Gasteiger partial charge in [-0.15, -0.1) is 10.2 Å². The van der Waals surface area contributed by atoms with Gasteiger partial charge in [0.1, 0.15) is 6.61 Å². The highest BCUT2D eigenvalue weighted by atomic mass is 16.6. The molecule has 7 heteroatoms. The van der Waals surface area contributed by atoms with Gasteiger partial charge < -0.3 is 19.1 Å². The molecule has 0 saturated heterocycles. The molecule has 0 bridgehead atoms. The van der Waals surface area contributed by atoms with Crippen molar-refractivity contribution >= 4 is 22.5 Å². The first kappa shape index (κ1) is 18.9. The average Bonchev–Trinajstić information content (AvgIpc) is 3.08. The van der Waals surface area contributed by atoms with Crippen molar-refractivity contribution in [1.82, 2.24) is 4.57 Å². The topological polar surface area (TPSA) is 85.4 Å². The Morgan fingerprint density at radius 2 is 1.68 bits per heavy atom. The number of nitrogens with zero attached hydrogens (tertiary/aromatic N) is 3. The van der Waals surface area contributed by atoms with E-state index < -0.39 is 12.0 Å². The van der Waals surface area contributed by atoms with Gasteiger partial charge in [0.2, 0.25) is 12.0 Å². The zero-order valence-electron chi connectivity index (χ0n) is 16.5. The number of hydrogen-bond acceptors (Lipinski definition) is 5. The van der Waals surface area contributed by atoms with Crippen molar-refractivity contribution in [3.8, 4) is 17.4 Å². The molecule has 31 heavy (non-hydrogen) atoms. The second kappa shape index (κ2) is 7.95. The molecule has 2 heterocycles. The number of benzene rings is 3. The van der Waals surface area contributed by atoms with Crippen LogP contribution in [0.15, 0.2) is 89.1 Å². The molecule has 1 N–H and O–H groups in total. The van der Waals surface area contributed by atoms with Crippen LogP contribution in [0, 0.1) is 0 Å². The molecule has 1 aliphatic heterocycles. The lowest BCUT2D eigenvalue weighted by atomic mass is 10.2. The second-order valence-corrected chi connectivity index (χ2v) is 7.16. The van der Waals surface area contributed by atoms with Crippen LogP contribution in [-0.2, 0) is 11.3 Å². The quantitative estimate of drug-likeness (QED) is 0.485. The molecule has 0 spiro atoms. The number of para-hydroxylation sites is 3. The summed E-state index contributed by atoms with van der Waals surface area (Å²) in [5, 5.41) is 19.5. The first-order valence-electron chi connectivity index (χ1n) is 9.89. The fourth-order valence-electron chi connectivity index (χ4n) is 3.60. The maximum atomic E-state index is 12.6. The molecular weight excluding hydrogens is 394 g/mol. The average molecular weight is 413 g/mol. The van der Waals surface area contributed by atoms with Gasteiger partial charge in [-0.1, -0.05) is 60.7 Å². The van der Waals surface area contributed by atoms with Gasteiger partial charge in [0.05, 0.1) is 12.1 Å². The Morgan fingerprint density at radius 1 is 0.968 bits per heavy atom. The van der Waals surface area contributed by atoms with Crippen LogP contribution in [0.4, 0.5) is 5.69 Å². The zero-order chi connectivity index (χ0) is 21.2. The van der Waals surface area contributed by atoms with Crippen molar-refractivity contribution in [2.75, 3.05) is 6.61 Å². The lowest BCUT2D eigenvalue weighted by Gasteiger charge is -2.23. The van der Waals surface area contributed by atoms with Gasteiger partial charge in [0, 0.05) is 5.39 Å². The van der Waals surface area contributed by atoms with Gasteiger partial charge in [-0.05, 0) is 23.8 Å². The first-order chi connectivity index (χ1) is 15.2. The summed E-state index contributed by atoms with van der Waals surface area (Å²) in [5.74, 6) is 0.455. The molecule has 154 valence electrons. The maximum absolute atomic E-state index is 12.6. The number of carbonyl (C=O) groups is 1. The Hall–Kier alpha value is -4.13. The van der Waals surface area contributed by atoms with Crippen molar-refractivity contribution in [2.45, 2.75) is 12.6 Å². The Balaban J connectivity index is 1.43. The fraction of sp³-hybridized carbons (Fsp3) is 0.125. The first-order valence-corrected chi connectivity index (χ1v) is 9.89. The third kappa shape index (κ3) is 3.61. The fourth-order valence-corrected chi connectivity index (χ4v) is 3.60. The van der Waals surface area contributed by atoms with E-state index in [2.05, 4.69) is 10.2 Å². The molecule has 1 aromatic heterocycles. The van der Waals surface area contributed by atoms with Crippen LogP contribution in [0.3, 0.4) is 0 Å². The van der Waals surface area contributed by atoms with E-state index in [4.69, 9.17) is 9.47 Å². The van der Waals surface area contributed by atoms with E-state index in [-0.39, 0.29) is 18.2 Å². The lowest BCUT2D eigenvalue weighted by Crippen LogP contribution is -2.35. The summed E-state index contributed by atoms with van der Waals surface area (Å²) in [6, 6.07) is 24.4. The highest BCUT2D eigenvalue weighted by molar-refractivity contribution is 5.95. The maximum Gasteiger partial charge on any atom is 0.308 e. The van der Waals surface area contributed by atoms with Crippen LogP contribution in [0.5, 0.6) is 17.4 Å². The number of carbonyl (C=O) groups excluding carboxylic acids is 1. The number of fused-ring (bicyclic) bond motifs is 2. The number of aromatic nitrogens is 1. The summed E-state index contributed by atoms with van der Waals surface area (Å²) < 4.78 is 13.0. The molecule has 1 aliphatic rings. The standard InChI is InChI=1S/C24H19N3O4/c28-23(21-15-30-19-12-6-7-13-20(19)31-21)26-25-22-17-10-4-5-11-18(17)27(24(22)29)14-16-8-2-1-3-9-16/h1-13,21,29H,14-15H2. The number of amides is 1. The van der Waals surface area contributed by atoms with Gasteiger partial charge in [0.25, 0.3) is 0 Å². The van der Waals surface area contributed by atoms with Gasteiger partial charge >= 0.3 is 5.91 Å². The van der Waals surface area contributed by atoms with Gasteiger partial charge in [-0.3, -0.25) is 4.79 Å². The van der Waals surface area contributed by atoms with E-state index in [9.17, 15) is 9.90 Å². The van der Waals surface area contributed by atoms with Crippen LogP contribution < -0.4 is 9.47 Å². The van der Waals surface area contributed by atoms with E-state index in [1.165, 1.54) is 0 Å². The van der Waals surface area contributed by atoms with Crippen LogP contribution in [0.2, 0.25) is 0 Å². The van der Waals surface area contributed by atoms with Crippen LogP contribution in [0.25, 0.3) is 10.9 Å². The molecule has 7 nitrogen and oxygen atoms in total. The number of aromatic hydroxyl groups is 1. The third-order valence-corrected chi connectivity index (χ3v) is 5.13. The minimum absolute atomic E-state index is 0.0484. The minimum Gasteiger partial charge on any atom is -0.493 e. The minimum atomic E-state index is -0.890. The van der Waals surface area contributed by atoms with Gasteiger partial charge in [-0.2, -0.15) is 0 Å². The van der Waals surface area contributed by atoms with Crippen molar-refractivity contribution in [3.05, 3.63) is 84.4 Å². The molecule has 1 atom stereocenters. The van der Waals surface area contributed by atoms with Crippen LogP contribution >= 0.6 is 0 Å². The highest BCUT2D eigenvalue weighted by Gasteiger charge is 2.27.